The third-order valence-corrected chi connectivity index (χ3v) is 3.96. The van der Waals surface area contributed by atoms with E-state index in [4.69, 9.17) is 4.74 Å². The Morgan fingerprint density at radius 1 is 1.35 bits per heavy atom. The molecule has 0 saturated heterocycles. The van der Waals surface area contributed by atoms with Gasteiger partial charge in [0.05, 0.1) is 15.9 Å². The van der Waals surface area contributed by atoms with E-state index in [2.05, 4.69) is 42.9 Å². The van der Waals surface area contributed by atoms with Gasteiger partial charge < -0.3 is 10.1 Å². The molecular weight excluding hydrogens is 367 g/mol. The van der Waals surface area contributed by atoms with Crippen LogP contribution in [0.25, 0.3) is 11.4 Å². The lowest BCUT2D eigenvalue weighted by Gasteiger charge is -2.12. The maximum absolute atomic E-state index is 5.22. The van der Waals surface area contributed by atoms with E-state index in [-0.39, 0.29) is 0 Å². The maximum atomic E-state index is 5.22. The van der Waals surface area contributed by atoms with Crippen molar-refractivity contribution in [3.8, 4) is 11.4 Å². The van der Waals surface area contributed by atoms with E-state index < -0.39 is 0 Å². The number of pyridine rings is 1. The molecule has 0 aliphatic carbocycles. The minimum Gasteiger partial charge on any atom is -0.378 e. The van der Waals surface area contributed by atoms with E-state index in [0.717, 1.165) is 32.8 Å². The Kier molecular flexibility index (Phi) is 5.24. The Hall–Kier alpha value is -1.28. The molecule has 0 radical (unpaired) electrons. The highest BCUT2D eigenvalue weighted by molar-refractivity contribution is 14.1. The standard InChI is InChI=1S/C14H17IN4O/c1-4-17-14-12(15)11(8-20-3)18-13(19-14)10-7-16-6-5-9(10)2/h5-7H,4,8H2,1-3H3,(H,17,18,19). The van der Waals surface area contributed by atoms with Gasteiger partial charge in [0.2, 0.25) is 0 Å². The van der Waals surface area contributed by atoms with Gasteiger partial charge >= 0.3 is 0 Å². The zero-order valence-corrected chi connectivity index (χ0v) is 13.9. The molecule has 1 N–H and O–H groups in total. The maximum Gasteiger partial charge on any atom is 0.163 e. The highest BCUT2D eigenvalue weighted by atomic mass is 127. The summed E-state index contributed by atoms with van der Waals surface area (Å²) < 4.78 is 6.22. The molecule has 0 saturated carbocycles. The van der Waals surface area contributed by atoms with Gasteiger partial charge in [0.1, 0.15) is 5.82 Å². The Labute approximate surface area is 132 Å². The largest absolute Gasteiger partial charge is 0.378 e. The average Bonchev–Trinajstić information content (AvgIpc) is 2.44. The van der Waals surface area contributed by atoms with Crippen LogP contribution >= 0.6 is 22.6 Å². The number of methoxy groups -OCH3 is 1. The number of halogens is 1. The van der Waals surface area contributed by atoms with E-state index in [0.29, 0.717) is 12.4 Å². The van der Waals surface area contributed by atoms with Crippen molar-refractivity contribution in [3.05, 3.63) is 33.3 Å². The van der Waals surface area contributed by atoms with Gasteiger partial charge in [-0.1, -0.05) is 0 Å². The molecule has 0 spiro atoms. The Balaban J connectivity index is 2.56. The van der Waals surface area contributed by atoms with Gasteiger partial charge in [-0.15, -0.1) is 0 Å². The summed E-state index contributed by atoms with van der Waals surface area (Å²) in [6, 6.07) is 1.96. The number of rotatable bonds is 5. The second-order valence-electron chi connectivity index (χ2n) is 4.31. The van der Waals surface area contributed by atoms with Crippen molar-refractivity contribution in [1.29, 1.82) is 0 Å². The van der Waals surface area contributed by atoms with Crippen LogP contribution in [0.15, 0.2) is 18.5 Å². The lowest BCUT2D eigenvalue weighted by Crippen LogP contribution is -2.09. The number of aromatic nitrogens is 3. The summed E-state index contributed by atoms with van der Waals surface area (Å²) >= 11 is 2.25. The molecule has 2 aromatic rings. The Bertz CT molecular complexity index is 576. The minimum absolute atomic E-state index is 0.464. The Morgan fingerprint density at radius 3 is 2.80 bits per heavy atom. The normalized spacial score (nSPS) is 10.6. The summed E-state index contributed by atoms with van der Waals surface area (Å²) in [7, 11) is 1.67. The van der Waals surface area contributed by atoms with Crippen LogP contribution in [0.5, 0.6) is 0 Å². The number of hydrogen-bond donors (Lipinski definition) is 1. The molecule has 0 atom stereocenters. The zero-order valence-electron chi connectivity index (χ0n) is 11.8. The summed E-state index contributed by atoms with van der Waals surface area (Å²) in [5.74, 6) is 1.52. The first kappa shape index (κ1) is 15.1. The minimum atomic E-state index is 0.464. The van der Waals surface area contributed by atoms with E-state index in [1.165, 1.54) is 0 Å². The topological polar surface area (TPSA) is 59.9 Å². The third-order valence-electron chi connectivity index (χ3n) is 2.83. The van der Waals surface area contributed by atoms with Crippen LogP contribution in [0.3, 0.4) is 0 Å². The molecule has 20 heavy (non-hydrogen) atoms. The Morgan fingerprint density at radius 2 is 2.15 bits per heavy atom. The summed E-state index contributed by atoms with van der Waals surface area (Å²) in [5, 5.41) is 3.27. The van der Waals surface area contributed by atoms with E-state index in [1.54, 1.807) is 19.5 Å². The van der Waals surface area contributed by atoms with Crippen LogP contribution < -0.4 is 5.32 Å². The molecule has 2 rings (SSSR count). The van der Waals surface area contributed by atoms with Gasteiger partial charge in [0.25, 0.3) is 0 Å². The van der Waals surface area contributed by atoms with Gasteiger partial charge in [-0.2, -0.15) is 0 Å². The SMILES string of the molecule is CCNc1nc(-c2cnccc2C)nc(COC)c1I. The van der Waals surface area contributed by atoms with Crippen molar-refractivity contribution >= 4 is 28.4 Å². The summed E-state index contributed by atoms with van der Waals surface area (Å²) in [4.78, 5) is 13.4. The smallest absolute Gasteiger partial charge is 0.163 e. The number of aryl methyl sites for hydroxylation is 1. The average molecular weight is 384 g/mol. The molecule has 0 unspecified atom stereocenters. The first-order chi connectivity index (χ1) is 9.67. The van der Waals surface area contributed by atoms with Crippen LogP contribution in [0.2, 0.25) is 0 Å². The number of nitrogens with one attached hydrogen (secondary N) is 1. The van der Waals surface area contributed by atoms with Crippen molar-refractivity contribution in [1.82, 2.24) is 15.0 Å². The highest BCUT2D eigenvalue weighted by Gasteiger charge is 2.14. The van der Waals surface area contributed by atoms with Gasteiger partial charge in [-0.3, -0.25) is 4.98 Å². The first-order valence-corrected chi connectivity index (χ1v) is 7.45. The van der Waals surface area contributed by atoms with Crippen molar-refractivity contribution in [2.75, 3.05) is 19.0 Å². The lowest BCUT2D eigenvalue weighted by atomic mass is 10.1. The number of nitrogens with zero attached hydrogens (tertiary/aromatic N) is 3. The van der Waals surface area contributed by atoms with E-state index >= 15 is 0 Å². The quantitative estimate of drug-likeness (QED) is 0.804. The predicted molar refractivity (Wildman–Crippen MR) is 87.6 cm³/mol. The van der Waals surface area contributed by atoms with Crippen LogP contribution in [0.1, 0.15) is 18.2 Å². The molecular formula is C14H17IN4O. The first-order valence-electron chi connectivity index (χ1n) is 6.37. The third kappa shape index (κ3) is 3.24. The van der Waals surface area contributed by atoms with Gasteiger partial charge in [0.15, 0.2) is 5.82 Å². The fraction of sp³-hybridized carbons (Fsp3) is 0.357. The lowest BCUT2D eigenvalue weighted by molar-refractivity contribution is 0.181. The molecule has 0 fully saturated rings. The molecule has 0 amide bonds. The summed E-state index contributed by atoms with van der Waals surface area (Å²) in [5.41, 5.74) is 2.93. The number of anilines is 1. The van der Waals surface area contributed by atoms with E-state index in [1.807, 2.05) is 19.9 Å². The van der Waals surface area contributed by atoms with Gasteiger partial charge in [-0.05, 0) is 48.1 Å². The van der Waals surface area contributed by atoms with Gasteiger partial charge in [0, 0.05) is 31.6 Å². The number of hydrogen-bond acceptors (Lipinski definition) is 5. The van der Waals surface area contributed by atoms with Crippen LogP contribution in [-0.2, 0) is 11.3 Å². The summed E-state index contributed by atoms with van der Waals surface area (Å²) in [6.45, 7) is 5.35. The fourth-order valence-corrected chi connectivity index (χ4v) is 2.42. The molecule has 5 nitrogen and oxygen atoms in total. The molecule has 6 heteroatoms. The molecule has 2 aromatic heterocycles. The second kappa shape index (κ2) is 6.94. The molecule has 0 aliphatic rings. The molecule has 0 aliphatic heterocycles. The van der Waals surface area contributed by atoms with Crippen molar-refractivity contribution in [2.45, 2.75) is 20.5 Å². The molecule has 0 bridgehead atoms. The summed E-state index contributed by atoms with van der Waals surface area (Å²) in [6.07, 6.45) is 3.57. The predicted octanol–water partition coefficient (Wildman–Crippen LogP) is 3.03. The van der Waals surface area contributed by atoms with E-state index in [9.17, 15) is 0 Å². The molecule has 2 heterocycles. The van der Waals surface area contributed by atoms with Crippen molar-refractivity contribution in [2.24, 2.45) is 0 Å². The number of ether oxygens (including phenoxy) is 1. The monoisotopic (exact) mass is 384 g/mol. The van der Waals surface area contributed by atoms with Gasteiger partial charge in [-0.25, -0.2) is 9.97 Å². The van der Waals surface area contributed by atoms with Crippen LogP contribution in [0.4, 0.5) is 5.82 Å². The van der Waals surface area contributed by atoms with Crippen molar-refractivity contribution < 1.29 is 4.74 Å². The van der Waals surface area contributed by atoms with Crippen LogP contribution in [-0.4, -0.2) is 28.6 Å². The fourth-order valence-electron chi connectivity index (χ4n) is 1.83. The zero-order chi connectivity index (χ0) is 14.5. The molecule has 106 valence electrons. The highest BCUT2D eigenvalue weighted by Crippen LogP contribution is 2.25. The van der Waals surface area contributed by atoms with Crippen LogP contribution in [0, 0.1) is 10.5 Å². The molecule has 0 aromatic carbocycles. The second-order valence-corrected chi connectivity index (χ2v) is 5.39. The van der Waals surface area contributed by atoms with Crippen molar-refractivity contribution in [3.63, 3.8) is 0 Å².